The molecule has 126 valence electrons. The van der Waals surface area contributed by atoms with Crippen molar-refractivity contribution in [3.8, 4) is 22.9 Å². The molecule has 0 N–H and O–H groups in total. The van der Waals surface area contributed by atoms with Crippen LogP contribution in [0.5, 0.6) is 11.8 Å². The molecule has 1 aromatic heterocycles. The number of hydrogen-bond acceptors (Lipinski definition) is 5. The quantitative estimate of drug-likeness (QED) is 0.639. The Balaban J connectivity index is 1.86. The molecule has 0 aliphatic carbocycles. The van der Waals surface area contributed by atoms with Crippen LogP contribution in [0, 0.1) is 0 Å². The number of methoxy groups -OCH3 is 1. The lowest BCUT2D eigenvalue weighted by Crippen LogP contribution is -2.02. The molecule has 0 fully saturated rings. The molecule has 1 heterocycles. The molecule has 0 atom stereocenters. The van der Waals surface area contributed by atoms with E-state index in [2.05, 4.69) is 9.97 Å². The fraction of sp³-hybridized carbons (Fsp3) is 0.150. The first-order valence-electron chi connectivity index (χ1n) is 7.85. The van der Waals surface area contributed by atoms with E-state index < -0.39 is 0 Å². The summed E-state index contributed by atoms with van der Waals surface area (Å²) in [5.74, 6) is 0.508. The fourth-order valence-corrected chi connectivity index (χ4v) is 2.42. The number of ether oxygens (including phenoxy) is 2. The van der Waals surface area contributed by atoms with Crippen LogP contribution in [0.4, 0.5) is 0 Å². The van der Waals surface area contributed by atoms with Gasteiger partial charge in [-0.15, -0.1) is 0 Å². The maximum atomic E-state index is 12.0. The smallest absolute Gasteiger partial charge is 0.316 e. The maximum absolute atomic E-state index is 12.0. The number of Topliss-reactive ketones (excluding diaryl/α,β-unsaturated/α-hetero) is 1. The van der Waals surface area contributed by atoms with Crippen LogP contribution < -0.4 is 9.47 Å². The lowest BCUT2D eigenvalue weighted by atomic mass is 10.0. The molecule has 3 aromatic rings. The number of nitrogens with zero attached hydrogens (tertiary/aromatic N) is 2. The maximum Gasteiger partial charge on any atom is 0.316 e. The monoisotopic (exact) mass is 334 g/mol. The minimum absolute atomic E-state index is 0.0562. The highest BCUT2D eigenvalue weighted by molar-refractivity contribution is 5.98. The number of carbonyl (C=O) groups is 1. The average Bonchev–Trinajstić information content (AvgIpc) is 2.67. The van der Waals surface area contributed by atoms with E-state index in [4.69, 9.17) is 9.47 Å². The van der Waals surface area contributed by atoms with Gasteiger partial charge in [-0.25, -0.2) is 9.97 Å². The molecular weight excluding hydrogens is 316 g/mol. The van der Waals surface area contributed by atoms with Crippen molar-refractivity contribution in [1.29, 1.82) is 0 Å². The summed E-state index contributed by atoms with van der Waals surface area (Å²) in [7, 11) is 1.52. The predicted molar refractivity (Wildman–Crippen MR) is 94.8 cm³/mol. The first-order valence-corrected chi connectivity index (χ1v) is 7.85. The van der Waals surface area contributed by atoms with Gasteiger partial charge < -0.3 is 9.47 Å². The standard InChI is InChI=1S/C20H18N2O3/c1-14(23)18-10-16(17-11-21-20(24-2)22-12-17)8-9-19(18)25-13-15-6-4-3-5-7-15/h3-12H,13H2,1-2H3. The number of aromatic nitrogens is 2. The van der Waals surface area contributed by atoms with Crippen LogP contribution in [0.1, 0.15) is 22.8 Å². The minimum Gasteiger partial charge on any atom is -0.488 e. The Morgan fingerprint density at radius 3 is 2.36 bits per heavy atom. The van der Waals surface area contributed by atoms with E-state index in [9.17, 15) is 4.79 Å². The Morgan fingerprint density at radius 1 is 1.00 bits per heavy atom. The molecule has 5 nitrogen and oxygen atoms in total. The third-order valence-electron chi connectivity index (χ3n) is 3.74. The van der Waals surface area contributed by atoms with Gasteiger partial charge in [0.25, 0.3) is 0 Å². The summed E-state index contributed by atoms with van der Waals surface area (Å²) in [6, 6.07) is 15.6. The Labute approximate surface area is 146 Å². The van der Waals surface area contributed by atoms with Crippen molar-refractivity contribution in [1.82, 2.24) is 9.97 Å². The fourth-order valence-electron chi connectivity index (χ4n) is 2.42. The average molecular weight is 334 g/mol. The normalized spacial score (nSPS) is 10.3. The highest BCUT2D eigenvalue weighted by Gasteiger charge is 2.12. The van der Waals surface area contributed by atoms with Gasteiger partial charge in [-0.3, -0.25) is 4.79 Å². The summed E-state index contributed by atoms with van der Waals surface area (Å²) >= 11 is 0. The third kappa shape index (κ3) is 4.01. The van der Waals surface area contributed by atoms with Gasteiger partial charge in [0.1, 0.15) is 12.4 Å². The zero-order valence-corrected chi connectivity index (χ0v) is 14.1. The van der Waals surface area contributed by atoms with Crippen molar-refractivity contribution in [2.75, 3.05) is 7.11 Å². The zero-order chi connectivity index (χ0) is 17.6. The van der Waals surface area contributed by atoms with Crippen LogP contribution in [0.3, 0.4) is 0 Å². The predicted octanol–water partition coefficient (Wildman–Crippen LogP) is 3.93. The largest absolute Gasteiger partial charge is 0.488 e. The molecule has 0 radical (unpaired) electrons. The van der Waals surface area contributed by atoms with Gasteiger partial charge in [-0.1, -0.05) is 36.4 Å². The van der Waals surface area contributed by atoms with Gasteiger partial charge in [0.2, 0.25) is 0 Å². The summed E-state index contributed by atoms with van der Waals surface area (Å²) in [5.41, 5.74) is 3.23. The molecule has 25 heavy (non-hydrogen) atoms. The van der Waals surface area contributed by atoms with Crippen molar-refractivity contribution in [3.63, 3.8) is 0 Å². The molecule has 2 aromatic carbocycles. The molecule has 0 amide bonds. The van der Waals surface area contributed by atoms with E-state index in [0.717, 1.165) is 16.7 Å². The van der Waals surface area contributed by atoms with Gasteiger partial charge in [0.15, 0.2) is 5.78 Å². The topological polar surface area (TPSA) is 61.3 Å². The zero-order valence-electron chi connectivity index (χ0n) is 14.1. The lowest BCUT2D eigenvalue weighted by molar-refractivity contribution is 0.101. The van der Waals surface area contributed by atoms with E-state index in [0.29, 0.717) is 23.9 Å². The van der Waals surface area contributed by atoms with E-state index in [1.165, 1.54) is 14.0 Å². The Bertz CT molecular complexity index is 862. The second-order valence-corrected chi connectivity index (χ2v) is 5.50. The molecule has 5 heteroatoms. The molecule has 0 saturated carbocycles. The molecule has 0 bridgehead atoms. The van der Waals surface area contributed by atoms with E-state index >= 15 is 0 Å². The Morgan fingerprint density at radius 2 is 1.72 bits per heavy atom. The van der Waals surface area contributed by atoms with Crippen LogP contribution in [-0.4, -0.2) is 22.9 Å². The van der Waals surface area contributed by atoms with Crippen molar-refractivity contribution >= 4 is 5.78 Å². The first kappa shape index (κ1) is 16.6. The second kappa shape index (κ2) is 7.57. The van der Waals surface area contributed by atoms with E-state index in [1.807, 2.05) is 36.4 Å². The van der Waals surface area contributed by atoms with Gasteiger partial charge in [0, 0.05) is 18.0 Å². The Hall–Kier alpha value is -3.21. The van der Waals surface area contributed by atoms with E-state index in [-0.39, 0.29) is 5.78 Å². The number of carbonyl (C=O) groups excluding carboxylic acids is 1. The number of benzene rings is 2. The second-order valence-electron chi connectivity index (χ2n) is 5.50. The first-order chi connectivity index (χ1) is 12.2. The van der Waals surface area contributed by atoms with E-state index in [1.54, 1.807) is 24.5 Å². The van der Waals surface area contributed by atoms with Crippen LogP contribution in [0.2, 0.25) is 0 Å². The highest BCUT2D eigenvalue weighted by Crippen LogP contribution is 2.27. The number of ketones is 1. The molecule has 0 aliphatic heterocycles. The van der Waals surface area contributed by atoms with Gasteiger partial charge >= 0.3 is 6.01 Å². The van der Waals surface area contributed by atoms with Gasteiger partial charge in [-0.2, -0.15) is 0 Å². The number of hydrogen-bond donors (Lipinski definition) is 0. The highest BCUT2D eigenvalue weighted by atomic mass is 16.5. The summed E-state index contributed by atoms with van der Waals surface area (Å²) in [6.45, 7) is 1.94. The SMILES string of the molecule is COc1ncc(-c2ccc(OCc3ccccc3)c(C(C)=O)c2)cn1. The molecule has 0 spiro atoms. The minimum atomic E-state index is -0.0562. The van der Waals surface area contributed by atoms with Crippen molar-refractivity contribution in [2.24, 2.45) is 0 Å². The van der Waals surface area contributed by atoms with Crippen LogP contribution in [0.15, 0.2) is 60.9 Å². The summed E-state index contributed by atoms with van der Waals surface area (Å²) < 4.78 is 10.8. The van der Waals surface area contributed by atoms with Gasteiger partial charge in [-0.05, 0) is 30.2 Å². The lowest BCUT2D eigenvalue weighted by Gasteiger charge is -2.12. The molecular formula is C20H18N2O3. The van der Waals surface area contributed by atoms with Gasteiger partial charge in [0.05, 0.1) is 12.7 Å². The van der Waals surface area contributed by atoms with Crippen molar-refractivity contribution in [3.05, 3.63) is 72.1 Å². The summed E-state index contributed by atoms with van der Waals surface area (Å²) in [6.07, 6.45) is 3.32. The third-order valence-corrected chi connectivity index (χ3v) is 3.74. The Kier molecular flexibility index (Phi) is 5.04. The van der Waals surface area contributed by atoms with Crippen LogP contribution >= 0.6 is 0 Å². The van der Waals surface area contributed by atoms with Crippen LogP contribution in [0.25, 0.3) is 11.1 Å². The number of rotatable bonds is 6. The summed E-state index contributed by atoms with van der Waals surface area (Å²) in [4.78, 5) is 20.2. The molecule has 0 aliphatic rings. The van der Waals surface area contributed by atoms with Crippen molar-refractivity contribution < 1.29 is 14.3 Å². The molecule has 0 saturated heterocycles. The van der Waals surface area contributed by atoms with Crippen LogP contribution in [-0.2, 0) is 6.61 Å². The van der Waals surface area contributed by atoms with Crippen molar-refractivity contribution in [2.45, 2.75) is 13.5 Å². The molecule has 3 rings (SSSR count). The summed E-state index contributed by atoms with van der Waals surface area (Å²) in [5, 5.41) is 0. The molecule has 0 unspecified atom stereocenters.